The smallest absolute Gasteiger partial charge is 0.275 e. The topological polar surface area (TPSA) is 80.1 Å². The molecule has 0 fully saturated rings. The van der Waals surface area contributed by atoms with Gasteiger partial charge in [-0.2, -0.15) is 0 Å². The van der Waals surface area contributed by atoms with Gasteiger partial charge in [-0.1, -0.05) is 30.8 Å². The number of carbonyl (C=O) groups is 1. The fraction of sp³-hybridized carbons (Fsp3) is 0.200. The zero-order valence-electron chi connectivity index (χ0n) is 25.1. The normalized spacial score (nSPS) is 11.9. The number of hydrogen-bond acceptors (Lipinski definition) is 4. The Balaban J connectivity index is 1.63. The Morgan fingerprint density at radius 2 is 1.77 bits per heavy atom. The number of hydrogen-bond donors (Lipinski definition) is 3. The number of aromatic nitrogens is 2. The Morgan fingerprint density at radius 3 is 2.51 bits per heavy atom. The van der Waals surface area contributed by atoms with Crippen molar-refractivity contribution in [2.24, 2.45) is 0 Å². The van der Waals surface area contributed by atoms with E-state index >= 15 is 0 Å². The summed E-state index contributed by atoms with van der Waals surface area (Å²) in [4.78, 5) is 26.7. The highest BCUT2D eigenvalue weighted by atomic mass is 19.1. The zero-order valence-corrected chi connectivity index (χ0v) is 25.1. The molecule has 7 nitrogen and oxygen atoms in total. The lowest BCUT2D eigenvalue weighted by atomic mass is 9.98. The number of nitrogens with zero attached hydrogens (tertiary/aromatic N) is 2. The van der Waals surface area contributed by atoms with E-state index in [4.69, 9.17) is 0 Å². The number of aryl methyl sites for hydroxylation is 1. The maximum Gasteiger partial charge on any atom is 0.275 e. The van der Waals surface area contributed by atoms with Gasteiger partial charge in [0.25, 0.3) is 11.5 Å². The van der Waals surface area contributed by atoms with Crippen molar-refractivity contribution in [3.63, 3.8) is 0 Å². The molecule has 0 saturated carbocycles. The molecule has 0 aliphatic heterocycles. The van der Waals surface area contributed by atoms with Gasteiger partial charge in [-0.05, 0) is 93.0 Å². The lowest BCUT2D eigenvalue weighted by Crippen LogP contribution is -2.30. The van der Waals surface area contributed by atoms with Crippen LogP contribution in [-0.4, -0.2) is 35.2 Å². The second kappa shape index (κ2) is 12.1. The van der Waals surface area contributed by atoms with Gasteiger partial charge in [0.2, 0.25) is 0 Å². The van der Waals surface area contributed by atoms with Crippen molar-refractivity contribution >= 4 is 22.5 Å². The molecule has 2 aromatic heterocycles. The van der Waals surface area contributed by atoms with Gasteiger partial charge >= 0.3 is 0 Å². The molecular formula is C35H36FN5O2. The molecule has 0 aliphatic rings. The van der Waals surface area contributed by atoms with Gasteiger partial charge in [-0.3, -0.25) is 9.59 Å². The summed E-state index contributed by atoms with van der Waals surface area (Å²) in [5, 5.41) is 9.88. The van der Waals surface area contributed by atoms with Gasteiger partial charge < -0.3 is 25.1 Å². The van der Waals surface area contributed by atoms with E-state index in [-0.39, 0.29) is 29.9 Å². The lowest BCUT2D eigenvalue weighted by Gasteiger charge is -2.20. The molecule has 1 atom stereocenters. The van der Waals surface area contributed by atoms with E-state index in [1.165, 1.54) is 6.07 Å². The molecule has 2 heterocycles. The second-order valence-corrected chi connectivity index (χ2v) is 10.8. The molecular weight excluding hydrogens is 541 g/mol. The van der Waals surface area contributed by atoms with E-state index in [1.807, 2.05) is 81.0 Å². The van der Waals surface area contributed by atoms with Gasteiger partial charge in [-0.15, -0.1) is 0 Å². The third kappa shape index (κ3) is 5.74. The fourth-order valence-corrected chi connectivity index (χ4v) is 5.38. The Hall–Kier alpha value is -4.95. The molecule has 1 amide bonds. The molecule has 0 saturated heterocycles. The molecule has 0 unspecified atom stereocenters. The second-order valence-electron chi connectivity index (χ2n) is 10.8. The van der Waals surface area contributed by atoms with E-state index in [0.717, 1.165) is 38.8 Å². The third-order valence-corrected chi connectivity index (χ3v) is 8.00. The number of likely N-dealkylation sites (N-methyl/N-ethyl adjacent to an activating group) is 1. The Labute approximate surface area is 250 Å². The van der Waals surface area contributed by atoms with Crippen molar-refractivity contribution < 1.29 is 9.18 Å². The van der Waals surface area contributed by atoms with Crippen LogP contribution in [-0.2, 0) is 6.54 Å². The zero-order chi connectivity index (χ0) is 30.8. The average molecular weight is 578 g/mol. The number of anilines is 1. The van der Waals surface area contributed by atoms with Crippen LogP contribution in [0.2, 0.25) is 0 Å². The van der Waals surface area contributed by atoms with Crippen molar-refractivity contribution in [3.8, 4) is 16.9 Å². The minimum Gasteiger partial charge on any atom is -0.355 e. The van der Waals surface area contributed by atoms with Crippen molar-refractivity contribution in [1.82, 2.24) is 19.8 Å². The number of amides is 1. The summed E-state index contributed by atoms with van der Waals surface area (Å²) >= 11 is 0. The molecule has 0 bridgehead atoms. The third-order valence-electron chi connectivity index (χ3n) is 8.00. The number of nitrogens with one attached hydrogen (secondary N) is 3. The van der Waals surface area contributed by atoms with E-state index < -0.39 is 0 Å². The molecule has 0 radical (unpaired) electrons. The summed E-state index contributed by atoms with van der Waals surface area (Å²) in [5.74, 6) is -0.462. The van der Waals surface area contributed by atoms with Crippen LogP contribution in [0.3, 0.4) is 0 Å². The van der Waals surface area contributed by atoms with E-state index in [2.05, 4.69) is 22.5 Å². The first-order valence-corrected chi connectivity index (χ1v) is 14.2. The maximum atomic E-state index is 14.1. The van der Waals surface area contributed by atoms with Crippen LogP contribution in [0, 0.1) is 19.7 Å². The minimum absolute atomic E-state index is 0.0518. The Bertz CT molecular complexity index is 1920. The molecule has 3 N–H and O–H groups in total. The van der Waals surface area contributed by atoms with Crippen LogP contribution in [0.1, 0.15) is 34.0 Å². The average Bonchev–Trinajstić information content (AvgIpc) is 3.34. The number of carbonyl (C=O) groups excluding carboxylic acids is 1. The first-order valence-electron chi connectivity index (χ1n) is 14.2. The predicted octanol–water partition coefficient (Wildman–Crippen LogP) is 6.16. The van der Waals surface area contributed by atoms with Crippen LogP contribution < -0.4 is 21.5 Å². The Kier molecular flexibility index (Phi) is 8.32. The summed E-state index contributed by atoms with van der Waals surface area (Å²) in [5.41, 5.74) is 7.35. The minimum atomic E-state index is -0.273. The molecule has 5 aromatic rings. The summed E-state index contributed by atoms with van der Waals surface area (Å²) in [6, 6.07) is 21.9. The molecule has 5 rings (SSSR count). The quantitative estimate of drug-likeness (QED) is 0.196. The predicted molar refractivity (Wildman–Crippen MR) is 173 cm³/mol. The number of benzene rings is 3. The van der Waals surface area contributed by atoms with E-state index in [9.17, 15) is 14.0 Å². The highest BCUT2D eigenvalue weighted by Gasteiger charge is 2.18. The van der Waals surface area contributed by atoms with Crippen molar-refractivity contribution in [2.45, 2.75) is 33.4 Å². The Morgan fingerprint density at radius 1 is 1.00 bits per heavy atom. The largest absolute Gasteiger partial charge is 0.355 e. The van der Waals surface area contributed by atoms with Crippen LogP contribution in [0.25, 0.3) is 27.8 Å². The maximum absolute atomic E-state index is 14.1. The molecule has 3 aromatic carbocycles. The standard InChI is InChI=1S/C35H36FN5O2/c1-21-19-40(33-15-13-26(36)18-30(21)33)27-10-7-9-25(17-27)20-41-32(28-11-8-12-29(22(28)2)34(42)38-6)16-14-31(35(41)43)39-24(4)23(3)37-5/h7-19,23,37,39H,4,20H2,1-3,5-6H3,(H,38,42)/t23-/m0/s1. The van der Waals surface area contributed by atoms with Crippen molar-refractivity contribution in [2.75, 3.05) is 19.4 Å². The van der Waals surface area contributed by atoms with Crippen molar-refractivity contribution in [3.05, 3.63) is 130 Å². The van der Waals surface area contributed by atoms with Gasteiger partial charge in [0.05, 0.1) is 17.8 Å². The van der Waals surface area contributed by atoms with Crippen LogP contribution in [0.15, 0.2) is 96.1 Å². The molecule has 0 spiro atoms. The van der Waals surface area contributed by atoms with Gasteiger partial charge in [-0.25, -0.2) is 4.39 Å². The number of halogens is 1. The highest BCUT2D eigenvalue weighted by Crippen LogP contribution is 2.29. The summed E-state index contributed by atoms with van der Waals surface area (Å²) < 4.78 is 17.7. The van der Waals surface area contributed by atoms with Crippen molar-refractivity contribution in [1.29, 1.82) is 0 Å². The van der Waals surface area contributed by atoms with Crippen LogP contribution in [0.5, 0.6) is 0 Å². The highest BCUT2D eigenvalue weighted by molar-refractivity contribution is 5.97. The summed E-state index contributed by atoms with van der Waals surface area (Å²) in [6.07, 6.45) is 1.99. The molecule has 220 valence electrons. The molecule has 8 heteroatoms. The van der Waals surface area contributed by atoms with E-state index in [0.29, 0.717) is 22.6 Å². The number of pyridine rings is 1. The summed E-state index contributed by atoms with van der Waals surface area (Å²) in [6.45, 7) is 10.2. The summed E-state index contributed by atoms with van der Waals surface area (Å²) in [7, 11) is 3.43. The van der Waals surface area contributed by atoms with Crippen LogP contribution in [0.4, 0.5) is 10.1 Å². The van der Waals surface area contributed by atoms with Crippen LogP contribution >= 0.6 is 0 Å². The SMILES string of the molecule is C=C(Nc1ccc(-c2cccc(C(=O)NC)c2C)n(Cc2cccc(-n3cc(C)c4cc(F)ccc43)c2)c1=O)[C@H](C)NC. The molecule has 0 aliphatic carbocycles. The van der Waals surface area contributed by atoms with Gasteiger partial charge in [0.15, 0.2) is 0 Å². The number of fused-ring (bicyclic) bond motifs is 1. The van der Waals surface area contributed by atoms with Gasteiger partial charge in [0, 0.05) is 47.2 Å². The first-order chi connectivity index (χ1) is 20.6. The molecule has 43 heavy (non-hydrogen) atoms. The van der Waals surface area contributed by atoms with Gasteiger partial charge in [0.1, 0.15) is 11.5 Å². The monoisotopic (exact) mass is 577 g/mol. The lowest BCUT2D eigenvalue weighted by molar-refractivity contribution is 0.0962. The fourth-order valence-electron chi connectivity index (χ4n) is 5.38. The first kappa shape index (κ1) is 29.5. The van der Waals surface area contributed by atoms with E-state index in [1.54, 1.807) is 35.9 Å². The number of rotatable bonds is 9.